The number of pyridine rings is 1. The lowest BCUT2D eigenvalue weighted by Gasteiger charge is -2.42. The summed E-state index contributed by atoms with van der Waals surface area (Å²) in [4.78, 5) is 6.67. The zero-order chi connectivity index (χ0) is 20.7. The third-order valence-electron chi connectivity index (χ3n) is 6.11. The summed E-state index contributed by atoms with van der Waals surface area (Å²) in [5.41, 5.74) is 1.02. The third kappa shape index (κ3) is 4.72. The lowest BCUT2D eigenvalue weighted by Crippen LogP contribution is -2.44. The first-order chi connectivity index (χ1) is 14.8. The highest BCUT2D eigenvalue weighted by Gasteiger charge is 2.41. The summed E-state index contributed by atoms with van der Waals surface area (Å²) >= 11 is 0. The number of hydrogen-bond donors (Lipinski definition) is 1. The van der Waals surface area contributed by atoms with Crippen LogP contribution in [0.2, 0.25) is 0 Å². The van der Waals surface area contributed by atoms with Crippen LogP contribution in [0, 0.1) is 5.92 Å². The molecule has 0 bridgehead atoms. The van der Waals surface area contributed by atoms with Gasteiger partial charge in [0.15, 0.2) is 0 Å². The number of hydrogen-bond acceptors (Lipinski definition) is 4. The summed E-state index contributed by atoms with van der Waals surface area (Å²) in [6, 6.07) is 26.0. The minimum Gasteiger partial charge on any atom is -0.478 e. The van der Waals surface area contributed by atoms with Gasteiger partial charge in [-0.2, -0.15) is 0 Å². The first kappa shape index (κ1) is 20.6. The van der Waals surface area contributed by atoms with E-state index in [9.17, 15) is 5.11 Å². The average molecular weight is 403 g/mol. The van der Waals surface area contributed by atoms with Crippen molar-refractivity contribution in [2.45, 2.75) is 24.9 Å². The van der Waals surface area contributed by atoms with Gasteiger partial charge in [0.25, 0.3) is 0 Å². The Morgan fingerprint density at radius 1 is 0.867 bits per heavy atom. The lowest BCUT2D eigenvalue weighted by molar-refractivity contribution is -0.0146. The van der Waals surface area contributed by atoms with Gasteiger partial charge in [-0.3, -0.25) is 0 Å². The van der Waals surface area contributed by atoms with Gasteiger partial charge in [-0.25, -0.2) is 4.98 Å². The van der Waals surface area contributed by atoms with Crippen LogP contribution in [0.4, 0.5) is 0 Å². The number of ether oxygens (including phenoxy) is 1. The molecule has 0 amide bonds. The molecule has 1 aromatic heterocycles. The number of piperidine rings is 1. The smallest absolute Gasteiger partial charge is 0.213 e. The first-order valence-electron chi connectivity index (χ1n) is 10.9. The Morgan fingerprint density at radius 2 is 1.47 bits per heavy atom. The Labute approximate surface area is 179 Å². The number of benzene rings is 2. The normalized spacial score (nSPS) is 15.8. The topological polar surface area (TPSA) is 45.6 Å². The van der Waals surface area contributed by atoms with E-state index in [1.54, 1.807) is 6.20 Å². The fourth-order valence-electron chi connectivity index (χ4n) is 4.49. The Hall–Kier alpha value is -2.69. The summed E-state index contributed by atoms with van der Waals surface area (Å²) in [5.74, 6) is 0.885. The highest BCUT2D eigenvalue weighted by atomic mass is 16.5. The number of aromatic nitrogens is 1. The predicted octanol–water partition coefficient (Wildman–Crippen LogP) is 4.50. The van der Waals surface area contributed by atoms with Gasteiger partial charge >= 0.3 is 0 Å². The van der Waals surface area contributed by atoms with Gasteiger partial charge < -0.3 is 14.7 Å². The molecule has 2 aromatic carbocycles. The summed E-state index contributed by atoms with van der Waals surface area (Å²) in [5, 5.41) is 12.0. The molecule has 1 aliphatic heterocycles. The van der Waals surface area contributed by atoms with Crippen LogP contribution in [-0.4, -0.2) is 41.2 Å². The molecule has 0 unspecified atom stereocenters. The van der Waals surface area contributed by atoms with E-state index in [1.165, 1.54) is 0 Å². The van der Waals surface area contributed by atoms with E-state index in [1.807, 2.05) is 78.9 Å². The average Bonchev–Trinajstić information content (AvgIpc) is 2.83. The van der Waals surface area contributed by atoms with E-state index in [-0.39, 0.29) is 5.92 Å². The van der Waals surface area contributed by atoms with Crippen molar-refractivity contribution in [2.24, 2.45) is 5.92 Å². The Morgan fingerprint density at radius 3 is 2.03 bits per heavy atom. The molecule has 30 heavy (non-hydrogen) atoms. The van der Waals surface area contributed by atoms with E-state index in [0.29, 0.717) is 12.5 Å². The van der Waals surface area contributed by atoms with Crippen LogP contribution in [0.1, 0.15) is 30.4 Å². The van der Waals surface area contributed by atoms with E-state index in [4.69, 9.17) is 4.74 Å². The molecular formula is C26H30N2O2. The molecule has 2 heterocycles. The van der Waals surface area contributed by atoms with E-state index in [0.717, 1.165) is 50.0 Å². The van der Waals surface area contributed by atoms with Crippen LogP contribution < -0.4 is 4.74 Å². The van der Waals surface area contributed by atoms with Crippen molar-refractivity contribution in [1.29, 1.82) is 0 Å². The molecule has 0 atom stereocenters. The van der Waals surface area contributed by atoms with Crippen LogP contribution in [-0.2, 0) is 5.60 Å². The highest BCUT2D eigenvalue weighted by molar-refractivity contribution is 5.37. The molecule has 0 saturated carbocycles. The van der Waals surface area contributed by atoms with Gasteiger partial charge in [-0.15, -0.1) is 0 Å². The maximum Gasteiger partial charge on any atom is 0.213 e. The van der Waals surface area contributed by atoms with Gasteiger partial charge in [-0.1, -0.05) is 66.7 Å². The monoisotopic (exact) mass is 402 g/mol. The SMILES string of the molecule is OC(c1ccccc1)(c1ccccc1)C1CCN(CCCOc2ccccn2)CC1. The number of nitrogens with zero attached hydrogens (tertiary/aromatic N) is 2. The van der Waals surface area contributed by atoms with Crippen LogP contribution in [0.3, 0.4) is 0 Å². The van der Waals surface area contributed by atoms with Crippen molar-refractivity contribution < 1.29 is 9.84 Å². The zero-order valence-corrected chi connectivity index (χ0v) is 17.4. The van der Waals surface area contributed by atoms with Gasteiger partial charge in [0, 0.05) is 18.8 Å². The molecule has 156 valence electrons. The van der Waals surface area contributed by atoms with E-state index < -0.39 is 5.60 Å². The summed E-state index contributed by atoms with van der Waals surface area (Å²) in [6.45, 7) is 3.68. The van der Waals surface area contributed by atoms with Crippen molar-refractivity contribution >= 4 is 0 Å². The van der Waals surface area contributed by atoms with Gasteiger partial charge in [0.05, 0.1) is 6.61 Å². The second-order valence-electron chi connectivity index (χ2n) is 7.98. The van der Waals surface area contributed by atoms with Gasteiger partial charge in [0.2, 0.25) is 5.88 Å². The molecular weight excluding hydrogens is 372 g/mol. The van der Waals surface area contributed by atoms with Crippen molar-refractivity contribution in [3.63, 3.8) is 0 Å². The van der Waals surface area contributed by atoms with Crippen molar-refractivity contribution in [3.8, 4) is 5.88 Å². The maximum absolute atomic E-state index is 12.0. The minimum absolute atomic E-state index is 0.198. The van der Waals surface area contributed by atoms with Gasteiger partial charge in [0.1, 0.15) is 5.60 Å². The molecule has 0 spiro atoms. The zero-order valence-electron chi connectivity index (χ0n) is 17.4. The fourth-order valence-corrected chi connectivity index (χ4v) is 4.49. The van der Waals surface area contributed by atoms with Crippen LogP contribution in [0.5, 0.6) is 5.88 Å². The van der Waals surface area contributed by atoms with Crippen LogP contribution >= 0.6 is 0 Å². The molecule has 3 aromatic rings. The van der Waals surface area contributed by atoms with Crippen LogP contribution in [0.25, 0.3) is 0 Å². The molecule has 4 rings (SSSR count). The molecule has 1 aliphatic rings. The molecule has 1 N–H and O–H groups in total. The minimum atomic E-state index is -0.948. The second-order valence-corrected chi connectivity index (χ2v) is 7.98. The lowest BCUT2D eigenvalue weighted by atomic mass is 9.72. The molecule has 4 nitrogen and oxygen atoms in total. The third-order valence-corrected chi connectivity index (χ3v) is 6.11. The predicted molar refractivity (Wildman–Crippen MR) is 119 cm³/mol. The molecule has 0 radical (unpaired) electrons. The summed E-state index contributed by atoms with van der Waals surface area (Å²) in [7, 11) is 0. The summed E-state index contributed by atoms with van der Waals surface area (Å²) in [6.07, 6.45) is 4.67. The van der Waals surface area contributed by atoms with Crippen molar-refractivity contribution in [3.05, 3.63) is 96.2 Å². The van der Waals surface area contributed by atoms with Gasteiger partial charge in [-0.05, 0) is 55.5 Å². The van der Waals surface area contributed by atoms with Crippen molar-refractivity contribution in [2.75, 3.05) is 26.2 Å². The molecule has 1 saturated heterocycles. The quantitative estimate of drug-likeness (QED) is 0.564. The summed E-state index contributed by atoms with van der Waals surface area (Å²) < 4.78 is 5.71. The van der Waals surface area contributed by atoms with Crippen molar-refractivity contribution in [1.82, 2.24) is 9.88 Å². The number of likely N-dealkylation sites (tertiary alicyclic amines) is 1. The second kappa shape index (κ2) is 9.88. The molecule has 1 fully saturated rings. The standard InChI is InChI=1S/C26H30N2O2/c29-26(22-10-3-1-4-11-22,23-12-5-2-6-13-23)24-15-19-28(20-16-24)18-9-21-30-25-14-7-8-17-27-25/h1-8,10-14,17,24,29H,9,15-16,18-21H2. The Kier molecular flexibility index (Phi) is 6.77. The molecule has 4 heteroatoms. The van der Waals surface area contributed by atoms with Crippen LogP contribution in [0.15, 0.2) is 85.1 Å². The maximum atomic E-state index is 12.0. The van der Waals surface area contributed by atoms with E-state index >= 15 is 0 Å². The number of aliphatic hydroxyl groups is 1. The Bertz CT molecular complexity index is 839. The van der Waals surface area contributed by atoms with E-state index in [2.05, 4.69) is 9.88 Å². The highest BCUT2D eigenvalue weighted by Crippen LogP contribution is 2.41. The number of rotatable bonds is 8. The largest absolute Gasteiger partial charge is 0.478 e. The fraction of sp³-hybridized carbons (Fsp3) is 0.346. The Balaban J connectivity index is 1.35. The first-order valence-corrected chi connectivity index (χ1v) is 10.9. The molecule has 0 aliphatic carbocycles.